The maximum absolute atomic E-state index is 10.4. The highest BCUT2D eigenvalue weighted by Gasteiger charge is 2.03. The second kappa shape index (κ2) is 8.93. The number of rotatable bonds is 3. The van der Waals surface area contributed by atoms with Crippen LogP contribution in [0.4, 0.5) is 0 Å². The van der Waals surface area contributed by atoms with Crippen LogP contribution in [0.2, 0.25) is 0 Å². The lowest BCUT2D eigenvalue weighted by Crippen LogP contribution is -2.04. The van der Waals surface area contributed by atoms with E-state index < -0.39 is 5.97 Å². The van der Waals surface area contributed by atoms with Crippen LogP contribution in [0, 0.1) is 11.3 Å². The minimum Gasteiger partial charge on any atom is -0.462 e. The molecule has 3 heteroatoms. The van der Waals surface area contributed by atoms with E-state index in [1.807, 2.05) is 36.4 Å². The fraction of sp³-hybridized carbons (Fsp3) is 0.143. The molecule has 0 aromatic heterocycles. The molecule has 0 aliphatic rings. The van der Waals surface area contributed by atoms with E-state index in [1.165, 1.54) is 5.56 Å². The van der Waals surface area contributed by atoms with Crippen molar-refractivity contribution in [1.29, 1.82) is 5.26 Å². The Hall–Kier alpha value is -2.34. The fourth-order valence-corrected chi connectivity index (χ4v) is 0.853. The Balaban J connectivity index is 0.000000302. The van der Waals surface area contributed by atoms with Crippen molar-refractivity contribution in [3.8, 4) is 6.07 Å². The summed E-state index contributed by atoms with van der Waals surface area (Å²) in [6.07, 6.45) is 1.83. The van der Waals surface area contributed by atoms with E-state index in [2.05, 4.69) is 17.9 Å². The van der Waals surface area contributed by atoms with Crippen molar-refractivity contribution in [2.75, 3.05) is 6.61 Å². The Morgan fingerprint density at radius 3 is 2.41 bits per heavy atom. The molecule has 0 aliphatic carbocycles. The highest BCUT2D eigenvalue weighted by molar-refractivity contribution is 5.91. The smallest absolute Gasteiger partial charge is 0.348 e. The number of benzene rings is 1. The molecule has 1 rings (SSSR count). The van der Waals surface area contributed by atoms with Gasteiger partial charge in [0, 0.05) is 0 Å². The topological polar surface area (TPSA) is 50.1 Å². The molecular weight excluding hydrogens is 214 g/mol. The lowest BCUT2D eigenvalue weighted by atomic mass is 10.2. The lowest BCUT2D eigenvalue weighted by molar-refractivity contribution is -0.137. The second-order valence-corrected chi connectivity index (χ2v) is 2.93. The van der Waals surface area contributed by atoms with Gasteiger partial charge in [-0.1, -0.05) is 49.6 Å². The van der Waals surface area contributed by atoms with E-state index in [-0.39, 0.29) is 12.2 Å². The van der Waals surface area contributed by atoms with Gasteiger partial charge in [-0.15, -0.1) is 0 Å². The molecule has 0 amide bonds. The molecule has 0 radical (unpaired) electrons. The second-order valence-electron chi connectivity index (χ2n) is 2.93. The van der Waals surface area contributed by atoms with E-state index in [1.54, 1.807) is 13.0 Å². The van der Waals surface area contributed by atoms with Gasteiger partial charge in [-0.25, -0.2) is 4.79 Å². The van der Waals surface area contributed by atoms with E-state index in [0.29, 0.717) is 0 Å². The molecule has 3 nitrogen and oxygen atoms in total. The number of carbonyl (C=O) groups excluding carboxylic acids is 1. The predicted octanol–water partition coefficient (Wildman–Crippen LogP) is 2.96. The molecule has 0 heterocycles. The molecular formula is C14H15NO2. The SMILES string of the molecule is C=C(C#N)C(=O)OCC.C=Cc1ccccc1. The Morgan fingerprint density at radius 1 is 1.47 bits per heavy atom. The normalized spacial score (nSPS) is 8.00. The minimum absolute atomic E-state index is 0.156. The zero-order valence-corrected chi connectivity index (χ0v) is 9.85. The molecule has 0 aliphatic heterocycles. The van der Waals surface area contributed by atoms with Gasteiger partial charge < -0.3 is 4.74 Å². The van der Waals surface area contributed by atoms with Crippen LogP contribution in [0.15, 0.2) is 49.1 Å². The Labute approximate surface area is 102 Å². The van der Waals surface area contributed by atoms with Crippen LogP contribution >= 0.6 is 0 Å². The van der Waals surface area contributed by atoms with Crippen LogP contribution in [0.25, 0.3) is 6.08 Å². The summed E-state index contributed by atoms with van der Waals surface area (Å²) >= 11 is 0. The first kappa shape index (κ1) is 14.7. The average molecular weight is 229 g/mol. The van der Waals surface area contributed by atoms with Gasteiger partial charge in [0.1, 0.15) is 11.6 Å². The molecule has 0 fully saturated rings. The Bertz CT molecular complexity index is 416. The first-order valence-electron chi connectivity index (χ1n) is 5.09. The van der Waals surface area contributed by atoms with Crippen molar-refractivity contribution < 1.29 is 9.53 Å². The van der Waals surface area contributed by atoms with Gasteiger partial charge in [0.2, 0.25) is 0 Å². The maximum atomic E-state index is 10.4. The zero-order valence-electron chi connectivity index (χ0n) is 9.85. The monoisotopic (exact) mass is 229 g/mol. The third-order valence-electron chi connectivity index (χ3n) is 1.69. The standard InChI is InChI=1S/C8H8.C6H7NO2/c1-2-8-6-4-3-5-7-8;1-3-9-6(8)5(2)4-7/h2-7H,1H2;2-3H2,1H3. The van der Waals surface area contributed by atoms with Crippen LogP contribution in [0.5, 0.6) is 0 Å². The molecule has 17 heavy (non-hydrogen) atoms. The van der Waals surface area contributed by atoms with E-state index >= 15 is 0 Å². The van der Waals surface area contributed by atoms with E-state index in [0.717, 1.165) is 0 Å². The molecule has 0 saturated carbocycles. The highest BCUT2D eigenvalue weighted by atomic mass is 16.5. The third kappa shape index (κ3) is 6.69. The first-order chi connectivity index (χ1) is 8.15. The molecule has 0 saturated heterocycles. The van der Waals surface area contributed by atoms with E-state index in [4.69, 9.17) is 5.26 Å². The van der Waals surface area contributed by atoms with Crippen LogP contribution in [0.1, 0.15) is 12.5 Å². The summed E-state index contributed by atoms with van der Waals surface area (Å²) < 4.78 is 4.43. The summed E-state index contributed by atoms with van der Waals surface area (Å²) in [7, 11) is 0. The highest BCUT2D eigenvalue weighted by Crippen LogP contribution is 1.97. The number of nitriles is 1. The number of hydrogen-bond donors (Lipinski definition) is 0. The number of carbonyl (C=O) groups is 1. The number of hydrogen-bond acceptors (Lipinski definition) is 3. The molecule has 1 aromatic carbocycles. The van der Waals surface area contributed by atoms with Crippen molar-refractivity contribution in [2.24, 2.45) is 0 Å². The van der Waals surface area contributed by atoms with Gasteiger partial charge in [0.15, 0.2) is 0 Å². The van der Waals surface area contributed by atoms with Gasteiger partial charge in [0.05, 0.1) is 6.61 Å². The van der Waals surface area contributed by atoms with Gasteiger partial charge in [-0.05, 0) is 12.5 Å². The first-order valence-corrected chi connectivity index (χ1v) is 5.09. The van der Waals surface area contributed by atoms with Crippen molar-refractivity contribution in [1.82, 2.24) is 0 Å². The molecule has 0 bridgehead atoms. The molecule has 0 N–H and O–H groups in total. The summed E-state index contributed by atoms with van der Waals surface area (Å²) in [6.45, 7) is 8.73. The predicted molar refractivity (Wildman–Crippen MR) is 67.9 cm³/mol. The van der Waals surface area contributed by atoms with Gasteiger partial charge in [-0.2, -0.15) is 5.26 Å². The average Bonchev–Trinajstić information content (AvgIpc) is 2.39. The van der Waals surface area contributed by atoms with Gasteiger partial charge in [-0.3, -0.25) is 0 Å². The summed E-state index contributed by atoms with van der Waals surface area (Å²) in [5.74, 6) is -0.639. The maximum Gasteiger partial charge on any atom is 0.348 e. The fourth-order valence-electron chi connectivity index (χ4n) is 0.853. The minimum atomic E-state index is -0.639. The summed E-state index contributed by atoms with van der Waals surface area (Å²) in [4.78, 5) is 10.4. The molecule has 0 atom stereocenters. The van der Waals surface area contributed by atoms with Crippen LogP contribution in [-0.4, -0.2) is 12.6 Å². The van der Waals surface area contributed by atoms with Gasteiger partial charge in [0.25, 0.3) is 0 Å². The van der Waals surface area contributed by atoms with Crippen molar-refractivity contribution in [2.45, 2.75) is 6.92 Å². The molecule has 0 spiro atoms. The quantitative estimate of drug-likeness (QED) is 0.455. The van der Waals surface area contributed by atoms with Crippen molar-refractivity contribution >= 4 is 12.0 Å². The van der Waals surface area contributed by atoms with Crippen molar-refractivity contribution in [3.05, 3.63) is 54.6 Å². The van der Waals surface area contributed by atoms with Crippen LogP contribution in [0.3, 0.4) is 0 Å². The van der Waals surface area contributed by atoms with Gasteiger partial charge >= 0.3 is 5.97 Å². The number of nitrogens with zero attached hydrogens (tertiary/aromatic N) is 1. The molecule has 1 aromatic rings. The summed E-state index contributed by atoms with van der Waals surface area (Å²) in [5.41, 5.74) is 1.02. The molecule has 0 unspecified atom stereocenters. The molecule has 88 valence electrons. The van der Waals surface area contributed by atoms with Crippen LogP contribution < -0.4 is 0 Å². The Morgan fingerprint density at radius 2 is 2.06 bits per heavy atom. The summed E-state index contributed by atoms with van der Waals surface area (Å²) in [5, 5.41) is 8.08. The zero-order chi connectivity index (χ0) is 13.1. The number of esters is 1. The largest absolute Gasteiger partial charge is 0.462 e. The number of ether oxygens (including phenoxy) is 1. The Kier molecular flexibility index (Phi) is 7.70. The van der Waals surface area contributed by atoms with Crippen molar-refractivity contribution in [3.63, 3.8) is 0 Å². The van der Waals surface area contributed by atoms with E-state index in [9.17, 15) is 4.79 Å². The lowest BCUT2D eigenvalue weighted by Gasteiger charge is -1.95. The van der Waals surface area contributed by atoms with Crippen LogP contribution in [-0.2, 0) is 9.53 Å². The summed E-state index contributed by atoms with van der Waals surface area (Å²) in [6, 6.07) is 11.6. The third-order valence-corrected chi connectivity index (χ3v) is 1.69.